The van der Waals surface area contributed by atoms with Crippen molar-refractivity contribution in [2.24, 2.45) is 0 Å². The summed E-state index contributed by atoms with van der Waals surface area (Å²) < 4.78 is 22.1. The van der Waals surface area contributed by atoms with Gasteiger partial charge in [0, 0.05) is 34.8 Å². The van der Waals surface area contributed by atoms with E-state index in [2.05, 4.69) is 10.6 Å². The number of carbonyl (C=O) groups is 1. The summed E-state index contributed by atoms with van der Waals surface area (Å²) in [6.07, 6.45) is 1.25. The molecular formula is C32H25FN2O5. The maximum Gasteiger partial charge on any atom is 0.335 e. The fourth-order valence-electron chi connectivity index (χ4n) is 5.57. The number of benzene rings is 4. The molecule has 1 aliphatic rings. The van der Waals surface area contributed by atoms with E-state index in [1.165, 1.54) is 30.3 Å². The third kappa shape index (κ3) is 4.68. The van der Waals surface area contributed by atoms with Crippen LogP contribution in [-0.2, 0) is 6.61 Å². The first kappa shape index (κ1) is 25.3. The van der Waals surface area contributed by atoms with Crippen molar-refractivity contribution in [2.75, 3.05) is 0 Å². The molecular weight excluding hydrogens is 511 g/mol. The Morgan fingerprint density at radius 2 is 1.70 bits per heavy atom. The summed E-state index contributed by atoms with van der Waals surface area (Å²) in [7, 11) is 0. The molecule has 6 rings (SSSR count). The van der Waals surface area contributed by atoms with E-state index in [9.17, 15) is 24.4 Å². The second kappa shape index (κ2) is 10.3. The molecule has 0 amide bonds. The van der Waals surface area contributed by atoms with Gasteiger partial charge >= 0.3 is 5.97 Å². The van der Waals surface area contributed by atoms with Crippen molar-refractivity contribution in [3.8, 4) is 11.4 Å². The molecule has 0 atom stereocenters. The number of nitro groups is 1. The number of rotatable bonds is 8. The largest absolute Gasteiger partial charge is 0.488 e. The van der Waals surface area contributed by atoms with Gasteiger partial charge in [-0.2, -0.15) is 0 Å². The number of fused-ring (bicyclic) bond motifs is 1. The first-order valence-corrected chi connectivity index (χ1v) is 13.0. The lowest BCUT2D eigenvalue weighted by Gasteiger charge is -2.37. The number of non-ortho nitro benzene ring substituents is 1. The van der Waals surface area contributed by atoms with Gasteiger partial charge < -0.3 is 14.4 Å². The lowest BCUT2D eigenvalue weighted by atomic mass is 9.69. The summed E-state index contributed by atoms with van der Waals surface area (Å²) in [4.78, 5) is 22.7. The molecule has 0 radical (unpaired) electrons. The Morgan fingerprint density at radius 3 is 2.40 bits per heavy atom. The number of hydrogen-bond donors (Lipinski definition) is 1. The van der Waals surface area contributed by atoms with Gasteiger partial charge in [-0.25, -0.2) is 9.18 Å². The SMILES string of the molecule is O=C(O)c1ccc([N+](=O)[O-])cc1C1CC(c2cc3c(OCc4ccccc4)cccc3n2-c2ccc(F)cc2)C1. The van der Waals surface area contributed by atoms with Crippen LogP contribution in [0.25, 0.3) is 16.6 Å². The molecule has 0 saturated heterocycles. The monoisotopic (exact) mass is 536 g/mol. The van der Waals surface area contributed by atoms with Crippen LogP contribution in [0.1, 0.15) is 51.9 Å². The van der Waals surface area contributed by atoms with Gasteiger partial charge in [0.25, 0.3) is 5.69 Å². The van der Waals surface area contributed by atoms with Crippen LogP contribution >= 0.6 is 0 Å². The summed E-state index contributed by atoms with van der Waals surface area (Å²) in [5.41, 5.74) is 4.21. The second-order valence-corrected chi connectivity index (χ2v) is 10.0. The molecule has 0 aliphatic heterocycles. The number of nitro benzene ring substituents is 1. The fraction of sp³-hybridized carbons (Fsp3) is 0.156. The highest BCUT2D eigenvalue weighted by molar-refractivity contribution is 5.91. The number of aromatic carboxylic acids is 1. The minimum atomic E-state index is -1.10. The summed E-state index contributed by atoms with van der Waals surface area (Å²) in [6, 6.07) is 28.1. The number of aromatic nitrogens is 1. The lowest BCUT2D eigenvalue weighted by Crippen LogP contribution is -2.24. The number of ether oxygens (including phenoxy) is 1. The van der Waals surface area contributed by atoms with Gasteiger partial charge in [0.1, 0.15) is 18.2 Å². The van der Waals surface area contributed by atoms with E-state index in [-0.39, 0.29) is 28.9 Å². The molecule has 1 heterocycles. The summed E-state index contributed by atoms with van der Waals surface area (Å²) in [6.45, 7) is 0.410. The van der Waals surface area contributed by atoms with Crippen molar-refractivity contribution < 1.29 is 24.0 Å². The van der Waals surface area contributed by atoms with E-state index >= 15 is 0 Å². The van der Waals surface area contributed by atoms with Crippen molar-refractivity contribution in [3.63, 3.8) is 0 Å². The summed E-state index contributed by atoms with van der Waals surface area (Å²) in [5, 5.41) is 22.0. The maximum atomic E-state index is 13.8. The van der Waals surface area contributed by atoms with E-state index < -0.39 is 10.9 Å². The van der Waals surface area contributed by atoms with Crippen LogP contribution in [0.5, 0.6) is 5.75 Å². The smallest absolute Gasteiger partial charge is 0.335 e. The highest BCUT2D eigenvalue weighted by Crippen LogP contribution is 2.51. The molecule has 1 fully saturated rings. The van der Waals surface area contributed by atoms with Crippen LogP contribution in [-0.4, -0.2) is 20.6 Å². The van der Waals surface area contributed by atoms with Crippen molar-refractivity contribution in [3.05, 3.63) is 135 Å². The minimum Gasteiger partial charge on any atom is -0.488 e. The Bertz CT molecular complexity index is 1720. The van der Waals surface area contributed by atoms with Crippen LogP contribution in [0, 0.1) is 15.9 Å². The topological polar surface area (TPSA) is 94.6 Å². The number of carboxylic acid groups (broad SMARTS) is 1. The van der Waals surface area contributed by atoms with Crippen molar-refractivity contribution in [1.82, 2.24) is 4.57 Å². The van der Waals surface area contributed by atoms with Gasteiger partial charge in [0.05, 0.1) is 16.0 Å². The average molecular weight is 537 g/mol. The van der Waals surface area contributed by atoms with E-state index in [1.807, 2.05) is 48.5 Å². The van der Waals surface area contributed by atoms with E-state index in [1.54, 1.807) is 12.1 Å². The van der Waals surface area contributed by atoms with Crippen LogP contribution in [0.2, 0.25) is 0 Å². The van der Waals surface area contributed by atoms with Crippen molar-refractivity contribution in [1.29, 1.82) is 0 Å². The lowest BCUT2D eigenvalue weighted by molar-refractivity contribution is -0.384. The summed E-state index contributed by atoms with van der Waals surface area (Å²) in [5.74, 6) is -0.779. The molecule has 0 unspecified atom stereocenters. The van der Waals surface area contributed by atoms with Gasteiger partial charge in [0.2, 0.25) is 0 Å². The first-order chi connectivity index (χ1) is 19.4. The minimum absolute atomic E-state index is 0.0605. The van der Waals surface area contributed by atoms with Crippen LogP contribution in [0.4, 0.5) is 10.1 Å². The van der Waals surface area contributed by atoms with Crippen molar-refractivity contribution in [2.45, 2.75) is 31.3 Å². The highest BCUT2D eigenvalue weighted by atomic mass is 19.1. The molecule has 40 heavy (non-hydrogen) atoms. The van der Waals surface area contributed by atoms with Gasteiger partial charge in [-0.05, 0) is 78.4 Å². The van der Waals surface area contributed by atoms with Gasteiger partial charge in [0.15, 0.2) is 0 Å². The van der Waals surface area contributed by atoms with Crippen LogP contribution < -0.4 is 4.74 Å². The predicted molar refractivity (Wildman–Crippen MR) is 149 cm³/mol. The Labute approximate surface area is 229 Å². The van der Waals surface area contributed by atoms with E-state index in [4.69, 9.17) is 4.74 Å². The Balaban J connectivity index is 1.37. The molecule has 1 N–H and O–H groups in total. The highest BCUT2D eigenvalue weighted by Gasteiger charge is 2.37. The summed E-state index contributed by atoms with van der Waals surface area (Å²) >= 11 is 0. The van der Waals surface area contributed by atoms with E-state index in [0.29, 0.717) is 25.0 Å². The van der Waals surface area contributed by atoms with Gasteiger partial charge in [-0.1, -0.05) is 36.4 Å². The molecule has 5 aromatic rings. The Hall–Kier alpha value is -4.98. The zero-order chi connectivity index (χ0) is 27.8. The molecule has 7 nitrogen and oxygen atoms in total. The number of halogens is 1. The molecule has 0 spiro atoms. The first-order valence-electron chi connectivity index (χ1n) is 13.0. The third-order valence-corrected chi connectivity index (χ3v) is 7.63. The Kier molecular flexibility index (Phi) is 6.51. The molecule has 200 valence electrons. The standard InChI is InChI=1S/C32H25FN2O5/c33-23-9-11-24(12-10-23)34-29-7-4-8-31(40-19-20-5-2-1-3-6-20)28(29)18-30(34)22-15-21(16-22)27-17-25(35(38)39)13-14-26(27)32(36)37/h1-14,17-18,21-22H,15-16,19H2,(H,36,37). The van der Waals surface area contributed by atoms with E-state index in [0.717, 1.165) is 33.6 Å². The zero-order valence-electron chi connectivity index (χ0n) is 21.4. The molecule has 1 aliphatic carbocycles. The number of carboxylic acids is 1. The quantitative estimate of drug-likeness (QED) is 0.163. The molecule has 0 bridgehead atoms. The number of nitrogens with zero attached hydrogens (tertiary/aromatic N) is 2. The fourth-order valence-corrected chi connectivity index (χ4v) is 5.57. The van der Waals surface area contributed by atoms with Crippen molar-refractivity contribution >= 4 is 22.6 Å². The second-order valence-electron chi connectivity index (χ2n) is 10.0. The molecule has 4 aromatic carbocycles. The number of hydrogen-bond acceptors (Lipinski definition) is 4. The average Bonchev–Trinajstić information content (AvgIpc) is 3.31. The van der Waals surface area contributed by atoms with Crippen LogP contribution in [0.3, 0.4) is 0 Å². The molecule has 8 heteroatoms. The molecule has 1 aromatic heterocycles. The maximum absolute atomic E-state index is 13.8. The Morgan fingerprint density at radius 1 is 0.950 bits per heavy atom. The zero-order valence-corrected chi connectivity index (χ0v) is 21.4. The molecule has 1 saturated carbocycles. The van der Waals surface area contributed by atoms with Gasteiger partial charge in [-0.15, -0.1) is 0 Å². The normalized spacial score (nSPS) is 16.4. The predicted octanol–water partition coefficient (Wildman–Crippen LogP) is 7.62. The van der Waals surface area contributed by atoms with Crippen LogP contribution in [0.15, 0.2) is 97.1 Å². The third-order valence-electron chi connectivity index (χ3n) is 7.63. The van der Waals surface area contributed by atoms with Gasteiger partial charge in [-0.3, -0.25) is 10.1 Å².